The molecule has 1 heterocycles. The summed E-state index contributed by atoms with van der Waals surface area (Å²) >= 11 is 0. The second-order valence-corrected chi connectivity index (χ2v) is 9.15. The molecule has 25 heavy (non-hydrogen) atoms. The van der Waals surface area contributed by atoms with Crippen LogP contribution in [0.5, 0.6) is 5.75 Å². The number of carbonyl (C=O) groups is 1. The van der Waals surface area contributed by atoms with E-state index in [1.165, 1.54) is 5.56 Å². The van der Waals surface area contributed by atoms with Crippen molar-refractivity contribution in [3.05, 3.63) is 64.2 Å². The number of fused-ring (bicyclic) bond motifs is 1. The summed E-state index contributed by atoms with van der Waals surface area (Å²) in [5.41, 5.74) is 5.44. The number of benzene rings is 2. The van der Waals surface area contributed by atoms with Gasteiger partial charge in [-0.3, -0.25) is 4.79 Å². The zero-order valence-corrected chi connectivity index (χ0v) is 16.4. The molecular formula is C23H28O2. The molecule has 1 atom stereocenters. The van der Waals surface area contributed by atoms with E-state index in [1.807, 2.05) is 18.2 Å². The summed E-state index contributed by atoms with van der Waals surface area (Å²) in [7, 11) is 0. The SMILES string of the molecule is Cc1ccccc1C1C(=O)Oc2c1cc(C(C)(C)C)cc2C(C)(C)C. The van der Waals surface area contributed by atoms with Gasteiger partial charge in [-0.1, -0.05) is 77.9 Å². The fraction of sp³-hybridized carbons (Fsp3) is 0.435. The highest BCUT2D eigenvalue weighted by atomic mass is 16.5. The van der Waals surface area contributed by atoms with Gasteiger partial charge in [-0.05, 0) is 34.4 Å². The molecule has 2 nitrogen and oxygen atoms in total. The highest BCUT2D eigenvalue weighted by Crippen LogP contribution is 2.47. The van der Waals surface area contributed by atoms with Gasteiger partial charge in [-0.25, -0.2) is 0 Å². The van der Waals surface area contributed by atoms with Gasteiger partial charge in [0.05, 0.1) is 0 Å². The van der Waals surface area contributed by atoms with Crippen LogP contribution >= 0.6 is 0 Å². The van der Waals surface area contributed by atoms with Crippen molar-refractivity contribution in [2.75, 3.05) is 0 Å². The number of hydrogen-bond donors (Lipinski definition) is 0. The molecule has 132 valence electrons. The average molecular weight is 336 g/mol. The highest BCUT2D eigenvalue weighted by Gasteiger charge is 2.39. The third-order valence-corrected chi connectivity index (χ3v) is 5.04. The van der Waals surface area contributed by atoms with Crippen LogP contribution in [0, 0.1) is 6.92 Å². The van der Waals surface area contributed by atoms with Crippen LogP contribution in [0.1, 0.15) is 75.3 Å². The quantitative estimate of drug-likeness (QED) is 0.497. The third-order valence-electron chi connectivity index (χ3n) is 5.04. The lowest BCUT2D eigenvalue weighted by atomic mass is 9.77. The van der Waals surface area contributed by atoms with Crippen LogP contribution in [0.3, 0.4) is 0 Å². The van der Waals surface area contributed by atoms with Crippen LogP contribution in [0.4, 0.5) is 0 Å². The fourth-order valence-corrected chi connectivity index (χ4v) is 3.46. The van der Waals surface area contributed by atoms with Gasteiger partial charge in [0.15, 0.2) is 0 Å². The van der Waals surface area contributed by atoms with E-state index in [0.29, 0.717) is 0 Å². The van der Waals surface area contributed by atoms with Crippen LogP contribution in [0.15, 0.2) is 36.4 Å². The lowest BCUT2D eigenvalue weighted by Crippen LogP contribution is -2.17. The normalized spacial score (nSPS) is 17.4. The molecule has 0 amide bonds. The highest BCUT2D eigenvalue weighted by molar-refractivity contribution is 5.90. The molecule has 0 fully saturated rings. The number of hydrogen-bond acceptors (Lipinski definition) is 2. The van der Waals surface area contributed by atoms with E-state index in [-0.39, 0.29) is 22.7 Å². The Morgan fingerprint density at radius 3 is 2.08 bits per heavy atom. The molecule has 1 unspecified atom stereocenters. The summed E-state index contributed by atoms with van der Waals surface area (Å²) in [5, 5.41) is 0. The van der Waals surface area contributed by atoms with E-state index in [4.69, 9.17) is 4.74 Å². The first-order chi connectivity index (χ1) is 11.5. The molecule has 2 heteroatoms. The Morgan fingerprint density at radius 1 is 0.880 bits per heavy atom. The Hall–Kier alpha value is -2.09. The van der Waals surface area contributed by atoms with Crippen LogP contribution in [-0.2, 0) is 15.6 Å². The van der Waals surface area contributed by atoms with Gasteiger partial charge in [0.2, 0.25) is 0 Å². The summed E-state index contributed by atoms with van der Waals surface area (Å²) in [4.78, 5) is 12.8. The molecule has 0 aromatic heterocycles. The molecule has 0 bridgehead atoms. The van der Waals surface area contributed by atoms with Gasteiger partial charge >= 0.3 is 5.97 Å². The first-order valence-corrected chi connectivity index (χ1v) is 8.96. The third kappa shape index (κ3) is 3.10. The van der Waals surface area contributed by atoms with E-state index < -0.39 is 0 Å². The van der Waals surface area contributed by atoms with E-state index in [9.17, 15) is 4.79 Å². The lowest BCUT2D eigenvalue weighted by molar-refractivity contribution is -0.133. The van der Waals surface area contributed by atoms with Crippen LogP contribution in [-0.4, -0.2) is 5.97 Å². The molecule has 0 saturated carbocycles. The predicted molar refractivity (Wildman–Crippen MR) is 102 cm³/mol. The number of rotatable bonds is 1. The van der Waals surface area contributed by atoms with Crippen LogP contribution in [0.2, 0.25) is 0 Å². The monoisotopic (exact) mass is 336 g/mol. The van der Waals surface area contributed by atoms with Crippen molar-refractivity contribution in [1.82, 2.24) is 0 Å². The molecule has 0 N–H and O–H groups in total. The molecule has 2 aromatic carbocycles. The van der Waals surface area contributed by atoms with E-state index in [0.717, 1.165) is 28.0 Å². The molecule has 0 saturated heterocycles. The van der Waals surface area contributed by atoms with Crippen molar-refractivity contribution >= 4 is 5.97 Å². The van der Waals surface area contributed by atoms with Crippen molar-refractivity contribution in [3.8, 4) is 5.75 Å². The summed E-state index contributed by atoms with van der Waals surface area (Å²) in [6.07, 6.45) is 0. The van der Waals surface area contributed by atoms with Crippen molar-refractivity contribution in [1.29, 1.82) is 0 Å². The minimum absolute atomic E-state index is 0.0109. The molecule has 0 aliphatic carbocycles. The average Bonchev–Trinajstić information content (AvgIpc) is 2.80. The molecule has 0 spiro atoms. The zero-order chi connectivity index (χ0) is 18.6. The minimum atomic E-state index is -0.334. The Labute approximate surface area is 151 Å². The van der Waals surface area contributed by atoms with Crippen molar-refractivity contribution in [2.24, 2.45) is 0 Å². The summed E-state index contributed by atoms with van der Waals surface area (Å²) in [6.45, 7) is 15.2. The Morgan fingerprint density at radius 2 is 1.52 bits per heavy atom. The summed E-state index contributed by atoms with van der Waals surface area (Å²) < 4.78 is 5.82. The Kier molecular flexibility index (Phi) is 4.06. The van der Waals surface area contributed by atoms with Crippen LogP contribution < -0.4 is 4.74 Å². The van der Waals surface area contributed by atoms with Crippen molar-refractivity contribution in [3.63, 3.8) is 0 Å². The predicted octanol–water partition coefficient (Wildman–Crippen LogP) is 5.64. The molecule has 3 rings (SSSR count). The second kappa shape index (κ2) is 5.72. The standard InChI is InChI=1S/C23H28O2/c1-14-10-8-9-11-16(14)19-17-12-15(22(2,3)4)13-18(23(5,6)7)20(17)25-21(19)24/h8-13,19H,1-7H3. The largest absolute Gasteiger partial charge is 0.425 e. The first kappa shape index (κ1) is 17.7. The molecule has 2 aromatic rings. The first-order valence-electron chi connectivity index (χ1n) is 8.96. The number of ether oxygens (including phenoxy) is 1. The van der Waals surface area contributed by atoms with Gasteiger partial charge < -0.3 is 4.74 Å². The van der Waals surface area contributed by atoms with Gasteiger partial charge in [-0.2, -0.15) is 0 Å². The topological polar surface area (TPSA) is 26.3 Å². The summed E-state index contributed by atoms with van der Waals surface area (Å²) in [5.74, 6) is 0.263. The van der Waals surface area contributed by atoms with E-state index in [1.54, 1.807) is 0 Å². The molecule has 1 aliphatic rings. The molecule has 0 radical (unpaired) electrons. The van der Waals surface area contributed by atoms with E-state index in [2.05, 4.69) is 66.7 Å². The maximum atomic E-state index is 12.8. The minimum Gasteiger partial charge on any atom is -0.425 e. The van der Waals surface area contributed by atoms with E-state index >= 15 is 0 Å². The smallest absolute Gasteiger partial charge is 0.323 e. The molecular weight excluding hydrogens is 308 g/mol. The van der Waals surface area contributed by atoms with Gasteiger partial charge in [-0.15, -0.1) is 0 Å². The van der Waals surface area contributed by atoms with Crippen LogP contribution in [0.25, 0.3) is 0 Å². The van der Waals surface area contributed by atoms with Gasteiger partial charge in [0, 0.05) is 11.1 Å². The fourth-order valence-electron chi connectivity index (χ4n) is 3.46. The second-order valence-electron chi connectivity index (χ2n) is 9.15. The lowest BCUT2D eigenvalue weighted by Gasteiger charge is -2.27. The number of carbonyl (C=O) groups excluding carboxylic acids is 1. The number of aryl methyl sites for hydroxylation is 1. The molecule has 1 aliphatic heterocycles. The Bertz CT molecular complexity index is 832. The van der Waals surface area contributed by atoms with Crippen molar-refractivity contribution in [2.45, 2.75) is 65.2 Å². The van der Waals surface area contributed by atoms with Crippen molar-refractivity contribution < 1.29 is 9.53 Å². The number of esters is 1. The maximum Gasteiger partial charge on any atom is 0.323 e. The van der Waals surface area contributed by atoms with Gasteiger partial charge in [0.25, 0.3) is 0 Å². The zero-order valence-electron chi connectivity index (χ0n) is 16.4. The maximum absolute atomic E-state index is 12.8. The van der Waals surface area contributed by atoms with Gasteiger partial charge in [0.1, 0.15) is 11.7 Å². The summed E-state index contributed by atoms with van der Waals surface area (Å²) in [6, 6.07) is 12.5. The Balaban J connectivity index is 2.29.